The Morgan fingerprint density at radius 3 is 2.50 bits per heavy atom. The van der Waals surface area contributed by atoms with Gasteiger partial charge >= 0.3 is 5.97 Å². The van der Waals surface area contributed by atoms with Crippen LogP contribution in [0.5, 0.6) is 0 Å². The molecule has 0 saturated heterocycles. The van der Waals surface area contributed by atoms with E-state index in [-0.39, 0.29) is 10.6 Å². The fourth-order valence-electron chi connectivity index (χ4n) is 1.95. The number of benzene rings is 2. The van der Waals surface area contributed by atoms with Crippen LogP contribution < -0.4 is 5.32 Å². The van der Waals surface area contributed by atoms with Crippen molar-refractivity contribution in [1.29, 1.82) is 0 Å². The van der Waals surface area contributed by atoms with E-state index in [9.17, 15) is 14.0 Å². The highest BCUT2D eigenvalue weighted by Gasteiger charge is 2.12. The van der Waals surface area contributed by atoms with E-state index in [1.807, 2.05) is 6.92 Å². The summed E-state index contributed by atoms with van der Waals surface area (Å²) in [7, 11) is 0. The number of hydrogen-bond donors (Lipinski definition) is 1. The third kappa shape index (κ3) is 4.80. The molecule has 0 aliphatic heterocycles. The maximum Gasteiger partial charge on any atom is 0.338 e. The highest BCUT2D eigenvalue weighted by molar-refractivity contribution is 6.34. The molecule has 0 unspecified atom stereocenters. The average Bonchev–Trinajstić information content (AvgIpc) is 2.55. The van der Waals surface area contributed by atoms with Crippen molar-refractivity contribution in [2.24, 2.45) is 0 Å². The molecular formula is C18H17ClFNO3. The minimum atomic E-state index is -0.512. The second-order valence-electron chi connectivity index (χ2n) is 5.15. The van der Waals surface area contributed by atoms with Crippen LogP contribution in [0, 0.1) is 5.82 Å². The van der Waals surface area contributed by atoms with E-state index in [4.69, 9.17) is 16.3 Å². The van der Waals surface area contributed by atoms with E-state index in [0.717, 1.165) is 25.0 Å². The van der Waals surface area contributed by atoms with Gasteiger partial charge < -0.3 is 10.1 Å². The second kappa shape index (κ2) is 8.45. The Morgan fingerprint density at radius 2 is 1.88 bits per heavy atom. The quantitative estimate of drug-likeness (QED) is 0.608. The van der Waals surface area contributed by atoms with Crippen molar-refractivity contribution < 1.29 is 18.7 Å². The molecule has 0 aromatic heterocycles. The van der Waals surface area contributed by atoms with Crippen LogP contribution in [0.15, 0.2) is 42.5 Å². The van der Waals surface area contributed by atoms with E-state index in [1.165, 1.54) is 6.07 Å². The first-order chi connectivity index (χ1) is 11.5. The monoisotopic (exact) mass is 349 g/mol. The highest BCUT2D eigenvalue weighted by atomic mass is 35.5. The van der Waals surface area contributed by atoms with Crippen molar-refractivity contribution in [2.45, 2.75) is 19.8 Å². The summed E-state index contributed by atoms with van der Waals surface area (Å²) in [4.78, 5) is 23.9. The van der Waals surface area contributed by atoms with Crippen molar-refractivity contribution in [3.8, 4) is 0 Å². The summed E-state index contributed by atoms with van der Waals surface area (Å²) in [5.41, 5.74) is 1.07. The molecule has 1 N–H and O–H groups in total. The van der Waals surface area contributed by atoms with E-state index >= 15 is 0 Å². The van der Waals surface area contributed by atoms with E-state index < -0.39 is 17.7 Å². The van der Waals surface area contributed by atoms with Crippen LogP contribution in [0.4, 0.5) is 10.1 Å². The molecule has 0 atom stereocenters. The molecule has 0 spiro atoms. The van der Waals surface area contributed by atoms with Gasteiger partial charge in [-0.1, -0.05) is 24.9 Å². The smallest absolute Gasteiger partial charge is 0.338 e. The molecule has 1 amide bonds. The fraction of sp³-hybridized carbons (Fsp3) is 0.222. The second-order valence-corrected chi connectivity index (χ2v) is 5.55. The average molecular weight is 350 g/mol. The van der Waals surface area contributed by atoms with Gasteiger partial charge in [-0.3, -0.25) is 4.79 Å². The number of anilines is 1. The van der Waals surface area contributed by atoms with Crippen LogP contribution in [0.1, 0.15) is 40.5 Å². The van der Waals surface area contributed by atoms with Crippen molar-refractivity contribution in [2.75, 3.05) is 11.9 Å². The van der Waals surface area contributed by atoms with Crippen LogP contribution in [0.25, 0.3) is 0 Å². The Morgan fingerprint density at radius 1 is 1.17 bits per heavy atom. The van der Waals surface area contributed by atoms with Crippen LogP contribution in [-0.4, -0.2) is 18.5 Å². The number of unbranched alkanes of at least 4 members (excludes halogenated alkanes) is 1. The Kier molecular flexibility index (Phi) is 6.32. The zero-order valence-corrected chi connectivity index (χ0v) is 13.9. The van der Waals surface area contributed by atoms with Gasteiger partial charge in [0.25, 0.3) is 5.91 Å². The summed E-state index contributed by atoms with van der Waals surface area (Å²) in [5.74, 6) is -1.37. The molecule has 0 aliphatic carbocycles. The third-order valence-corrected chi connectivity index (χ3v) is 3.60. The van der Waals surface area contributed by atoms with Gasteiger partial charge in [-0.15, -0.1) is 0 Å². The minimum Gasteiger partial charge on any atom is -0.462 e. The standard InChI is InChI=1S/C18H17ClFNO3/c1-2-3-10-24-18(23)12-4-7-14(8-5-12)21-17(22)15-9-6-13(20)11-16(15)19/h4-9,11H,2-3,10H2,1H3,(H,21,22). The molecule has 4 nitrogen and oxygen atoms in total. The predicted octanol–water partition coefficient (Wildman–Crippen LogP) is 4.69. The zero-order valence-electron chi connectivity index (χ0n) is 13.1. The first-order valence-electron chi connectivity index (χ1n) is 7.55. The molecule has 126 valence electrons. The molecule has 2 rings (SSSR count). The third-order valence-electron chi connectivity index (χ3n) is 3.29. The molecule has 0 saturated carbocycles. The van der Waals surface area contributed by atoms with Gasteiger partial charge in [-0.25, -0.2) is 9.18 Å². The first kappa shape index (κ1) is 17.9. The first-order valence-corrected chi connectivity index (χ1v) is 7.92. The van der Waals surface area contributed by atoms with Crippen molar-refractivity contribution in [1.82, 2.24) is 0 Å². The number of halogens is 2. The normalized spacial score (nSPS) is 10.3. The van der Waals surface area contributed by atoms with Crippen LogP contribution in [0.3, 0.4) is 0 Å². The van der Waals surface area contributed by atoms with Gasteiger partial charge in [-0.2, -0.15) is 0 Å². The largest absolute Gasteiger partial charge is 0.462 e. The summed E-state index contributed by atoms with van der Waals surface area (Å²) >= 11 is 5.86. The lowest BCUT2D eigenvalue weighted by Gasteiger charge is -2.08. The predicted molar refractivity (Wildman–Crippen MR) is 91.0 cm³/mol. The summed E-state index contributed by atoms with van der Waals surface area (Å²) in [6.45, 7) is 2.40. The summed E-state index contributed by atoms with van der Waals surface area (Å²) in [5, 5.41) is 2.67. The Bertz CT molecular complexity index is 732. The van der Waals surface area contributed by atoms with Crippen molar-refractivity contribution in [3.63, 3.8) is 0 Å². The van der Waals surface area contributed by atoms with Crippen LogP contribution >= 0.6 is 11.6 Å². The van der Waals surface area contributed by atoms with Crippen molar-refractivity contribution in [3.05, 3.63) is 64.4 Å². The lowest BCUT2D eigenvalue weighted by molar-refractivity contribution is 0.0499. The molecule has 0 aliphatic rings. The number of esters is 1. The number of nitrogens with one attached hydrogen (secondary N) is 1. The Hall–Kier alpha value is -2.40. The molecule has 0 radical (unpaired) electrons. The van der Waals surface area contributed by atoms with E-state index in [0.29, 0.717) is 17.9 Å². The fourth-order valence-corrected chi connectivity index (χ4v) is 2.21. The summed E-state index contributed by atoms with van der Waals surface area (Å²) in [6.07, 6.45) is 1.77. The summed E-state index contributed by atoms with van der Waals surface area (Å²) in [6, 6.07) is 9.86. The number of amides is 1. The molecular weight excluding hydrogens is 333 g/mol. The number of rotatable bonds is 6. The Balaban J connectivity index is 2.00. The molecule has 0 fully saturated rings. The lowest BCUT2D eigenvalue weighted by atomic mass is 10.1. The van der Waals surface area contributed by atoms with Gasteiger partial charge in [0.05, 0.1) is 22.8 Å². The van der Waals surface area contributed by atoms with Gasteiger partial charge in [0.15, 0.2) is 0 Å². The molecule has 2 aromatic carbocycles. The highest BCUT2D eigenvalue weighted by Crippen LogP contribution is 2.19. The Labute approximate surface area is 144 Å². The molecule has 0 heterocycles. The SMILES string of the molecule is CCCCOC(=O)c1ccc(NC(=O)c2ccc(F)cc2Cl)cc1. The number of ether oxygens (including phenoxy) is 1. The molecule has 6 heteroatoms. The van der Waals surface area contributed by atoms with Gasteiger partial charge in [0.1, 0.15) is 5.82 Å². The van der Waals surface area contributed by atoms with Gasteiger partial charge in [0, 0.05) is 5.69 Å². The van der Waals surface area contributed by atoms with E-state index in [2.05, 4.69) is 5.32 Å². The summed E-state index contributed by atoms with van der Waals surface area (Å²) < 4.78 is 18.1. The topological polar surface area (TPSA) is 55.4 Å². The lowest BCUT2D eigenvalue weighted by Crippen LogP contribution is -2.13. The number of carbonyl (C=O) groups is 2. The molecule has 2 aromatic rings. The number of hydrogen-bond acceptors (Lipinski definition) is 3. The van der Waals surface area contributed by atoms with Crippen LogP contribution in [0.2, 0.25) is 5.02 Å². The zero-order chi connectivity index (χ0) is 17.5. The maximum absolute atomic E-state index is 13.0. The van der Waals surface area contributed by atoms with Crippen molar-refractivity contribution >= 4 is 29.2 Å². The molecule has 0 bridgehead atoms. The van der Waals surface area contributed by atoms with Gasteiger partial charge in [-0.05, 0) is 48.9 Å². The maximum atomic E-state index is 13.0. The van der Waals surface area contributed by atoms with Gasteiger partial charge in [0.2, 0.25) is 0 Å². The van der Waals surface area contributed by atoms with Crippen LogP contribution in [-0.2, 0) is 4.74 Å². The number of carbonyl (C=O) groups excluding carboxylic acids is 2. The molecule has 24 heavy (non-hydrogen) atoms. The minimum absolute atomic E-state index is 0.0311. The van der Waals surface area contributed by atoms with E-state index in [1.54, 1.807) is 24.3 Å².